The highest BCUT2D eigenvalue weighted by Gasteiger charge is 2.24. The monoisotopic (exact) mass is 397 g/mol. The Kier molecular flexibility index (Phi) is 7.25. The first-order valence-electron chi connectivity index (χ1n) is 8.23. The Labute approximate surface area is 159 Å². The van der Waals surface area contributed by atoms with Crippen molar-refractivity contribution in [2.75, 3.05) is 5.32 Å². The van der Waals surface area contributed by atoms with Crippen LogP contribution in [0.25, 0.3) is 0 Å². The van der Waals surface area contributed by atoms with Crippen LogP contribution >= 0.6 is 0 Å². The fourth-order valence-corrected chi connectivity index (χ4v) is 2.09. The minimum atomic E-state index is -3.06. The van der Waals surface area contributed by atoms with E-state index in [0.717, 1.165) is 0 Å². The Morgan fingerprint density at radius 3 is 2.21 bits per heavy atom. The number of nitrogens with one attached hydrogen (secondary N) is 1. The molecule has 9 heteroatoms. The molecule has 0 heterocycles. The second-order valence-electron chi connectivity index (χ2n) is 5.66. The van der Waals surface area contributed by atoms with Gasteiger partial charge in [0.1, 0.15) is 17.3 Å². The largest absolute Gasteiger partial charge is 0.479 e. The van der Waals surface area contributed by atoms with Crippen LogP contribution in [0.3, 0.4) is 0 Å². The van der Waals surface area contributed by atoms with Crippen LogP contribution in [0.4, 0.5) is 18.9 Å². The lowest BCUT2D eigenvalue weighted by Gasteiger charge is -2.18. The van der Waals surface area contributed by atoms with Gasteiger partial charge in [-0.1, -0.05) is 12.1 Å². The number of benzene rings is 2. The predicted molar refractivity (Wildman–Crippen MR) is 93.7 cm³/mol. The molecule has 6 nitrogen and oxygen atoms in total. The minimum absolute atomic E-state index is 0.00584. The molecule has 0 aliphatic rings. The molecule has 0 radical (unpaired) electrons. The number of ether oxygens (including phenoxy) is 3. The fourth-order valence-electron chi connectivity index (χ4n) is 2.09. The number of hydrogen-bond donors (Lipinski definition) is 1. The average molecular weight is 397 g/mol. The Morgan fingerprint density at radius 1 is 0.929 bits per heavy atom. The second-order valence-corrected chi connectivity index (χ2v) is 5.66. The number of halogens is 3. The van der Waals surface area contributed by atoms with Gasteiger partial charge in [0.2, 0.25) is 0 Å². The molecular weight excluding hydrogens is 379 g/mol. The third-order valence-corrected chi connectivity index (χ3v) is 3.48. The number of para-hydroxylation sites is 2. The number of rotatable bonds is 8. The van der Waals surface area contributed by atoms with Crippen molar-refractivity contribution in [3.63, 3.8) is 0 Å². The number of esters is 1. The van der Waals surface area contributed by atoms with E-state index in [2.05, 4.69) is 10.1 Å². The summed E-state index contributed by atoms with van der Waals surface area (Å²) < 4.78 is 52.4. The predicted octanol–water partition coefficient (Wildman–Crippen LogP) is 3.76. The van der Waals surface area contributed by atoms with Crippen molar-refractivity contribution in [2.24, 2.45) is 0 Å². The molecule has 28 heavy (non-hydrogen) atoms. The Hall–Kier alpha value is -3.23. The lowest BCUT2D eigenvalue weighted by atomic mass is 10.2. The first kappa shape index (κ1) is 21.1. The standard InChI is InChI=1S/C19H18F3NO5/c1-11(17(24)23-15-5-3-4-6-16(15)28-19(21)22)27-18(25)12(2)26-14-9-7-13(20)8-10-14/h3-12,19H,1-2H3,(H,23,24)/t11-,12-/m0/s1. The van der Waals surface area contributed by atoms with Crippen molar-refractivity contribution >= 4 is 17.6 Å². The molecule has 2 aromatic carbocycles. The van der Waals surface area contributed by atoms with Gasteiger partial charge < -0.3 is 19.5 Å². The van der Waals surface area contributed by atoms with Crippen molar-refractivity contribution in [3.05, 3.63) is 54.3 Å². The summed E-state index contributed by atoms with van der Waals surface area (Å²) in [5, 5.41) is 2.36. The second kappa shape index (κ2) is 9.63. The molecule has 0 saturated carbocycles. The number of anilines is 1. The summed E-state index contributed by atoms with van der Waals surface area (Å²) in [4.78, 5) is 24.3. The van der Waals surface area contributed by atoms with Crippen molar-refractivity contribution in [3.8, 4) is 11.5 Å². The molecule has 0 bridgehead atoms. The van der Waals surface area contributed by atoms with Gasteiger partial charge in [0, 0.05) is 0 Å². The van der Waals surface area contributed by atoms with Gasteiger partial charge >= 0.3 is 12.6 Å². The third kappa shape index (κ3) is 6.19. The van der Waals surface area contributed by atoms with Crippen LogP contribution in [0.2, 0.25) is 0 Å². The van der Waals surface area contributed by atoms with E-state index in [1.807, 2.05) is 0 Å². The minimum Gasteiger partial charge on any atom is -0.479 e. The lowest BCUT2D eigenvalue weighted by molar-refractivity contribution is -0.159. The highest BCUT2D eigenvalue weighted by atomic mass is 19.3. The SMILES string of the molecule is C[C@H](OC(=O)[C@H](C)Oc1ccc(F)cc1)C(=O)Nc1ccccc1OC(F)F. The number of amides is 1. The summed E-state index contributed by atoms with van der Waals surface area (Å²) in [5.41, 5.74) is 0.00584. The molecule has 0 fully saturated rings. The van der Waals surface area contributed by atoms with E-state index in [0.29, 0.717) is 0 Å². The zero-order valence-electron chi connectivity index (χ0n) is 15.0. The molecule has 0 aliphatic heterocycles. The highest BCUT2D eigenvalue weighted by molar-refractivity contribution is 5.96. The smallest absolute Gasteiger partial charge is 0.387 e. The van der Waals surface area contributed by atoms with Crippen LogP contribution < -0.4 is 14.8 Å². The molecule has 1 N–H and O–H groups in total. The van der Waals surface area contributed by atoms with E-state index in [-0.39, 0.29) is 17.2 Å². The number of hydrogen-bond acceptors (Lipinski definition) is 5. The average Bonchev–Trinajstić information content (AvgIpc) is 2.64. The molecule has 2 rings (SSSR count). The topological polar surface area (TPSA) is 73.9 Å². The number of alkyl halides is 2. The van der Waals surface area contributed by atoms with Gasteiger partial charge in [0.15, 0.2) is 12.2 Å². The summed E-state index contributed by atoms with van der Waals surface area (Å²) >= 11 is 0. The Morgan fingerprint density at radius 2 is 1.57 bits per heavy atom. The maximum atomic E-state index is 12.9. The van der Waals surface area contributed by atoms with E-state index >= 15 is 0 Å². The zero-order chi connectivity index (χ0) is 20.7. The van der Waals surface area contributed by atoms with Gasteiger partial charge in [-0.05, 0) is 50.2 Å². The van der Waals surface area contributed by atoms with Gasteiger partial charge in [-0.2, -0.15) is 8.78 Å². The van der Waals surface area contributed by atoms with E-state index in [1.165, 1.54) is 62.4 Å². The summed E-state index contributed by atoms with van der Waals surface area (Å²) in [6, 6.07) is 10.6. The van der Waals surface area contributed by atoms with Gasteiger partial charge in [-0.25, -0.2) is 9.18 Å². The van der Waals surface area contributed by atoms with Crippen molar-refractivity contribution in [1.82, 2.24) is 0 Å². The summed E-state index contributed by atoms with van der Waals surface area (Å²) in [6.07, 6.45) is -2.29. The van der Waals surface area contributed by atoms with E-state index in [4.69, 9.17) is 9.47 Å². The van der Waals surface area contributed by atoms with Crippen LogP contribution in [-0.2, 0) is 14.3 Å². The first-order chi connectivity index (χ1) is 13.3. The summed E-state index contributed by atoms with van der Waals surface area (Å²) in [6.45, 7) is -0.339. The van der Waals surface area contributed by atoms with E-state index in [1.54, 1.807) is 0 Å². The maximum Gasteiger partial charge on any atom is 0.387 e. The van der Waals surface area contributed by atoms with Crippen LogP contribution in [0, 0.1) is 5.82 Å². The zero-order valence-corrected chi connectivity index (χ0v) is 15.0. The molecule has 0 aromatic heterocycles. The van der Waals surface area contributed by atoms with Crippen molar-refractivity contribution in [2.45, 2.75) is 32.7 Å². The normalized spacial score (nSPS) is 12.8. The molecule has 0 saturated heterocycles. The van der Waals surface area contributed by atoms with Gasteiger partial charge in [0.05, 0.1) is 5.69 Å². The summed E-state index contributed by atoms with van der Waals surface area (Å²) in [5.74, 6) is -2.00. The Bertz CT molecular complexity index is 813. The molecule has 0 spiro atoms. The fraction of sp³-hybridized carbons (Fsp3) is 0.263. The third-order valence-electron chi connectivity index (χ3n) is 3.48. The van der Waals surface area contributed by atoms with Crippen LogP contribution in [0.15, 0.2) is 48.5 Å². The number of carbonyl (C=O) groups excluding carboxylic acids is 2. The van der Waals surface area contributed by atoms with Gasteiger partial charge in [-0.15, -0.1) is 0 Å². The maximum absolute atomic E-state index is 12.9. The highest BCUT2D eigenvalue weighted by Crippen LogP contribution is 2.25. The Balaban J connectivity index is 1.92. The molecule has 150 valence electrons. The van der Waals surface area contributed by atoms with E-state index in [9.17, 15) is 22.8 Å². The van der Waals surface area contributed by atoms with E-state index < -0.39 is 36.5 Å². The molecule has 2 aromatic rings. The molecule has 2 atom stereocenters. The molecular formula is C19H18F3NO5. The van der Waals surface area contributed by atoms with Crippen LogP contribution in [0.5, 0.6) is 11.5 Å². The first-order valence-corrected chi connectivity index (χ1v) is 8.23. The number of carbonyl (C=O) groups is 2. The molecule has 0 aliphatic carbocycles. The van der Waals surface area contributed by atoms with Crippen LogP contribution in [0.1, 0.15) is 13.8 Å². The van der Waals surface area contributed by atoms with Gasteiger partial charge in [-0.3, -0.25) is 4.79 Å². The molecule has 1 amide bonds. The van der Waals surface area contributed by atoms with Crippen molar-refractivity contribution in [1.29, 1.82) is 0 Å². The molecule has 0 unspecified atom stereocenters. The quantitative estimate of drug-likeness (QED) is 0.687. The summed E-state index contributed by atoms with van der Waals surface area (Å²) in [7, 11) is 0. The lowest BCUT2D eigenvalue weighted by Crippen LogP contribution is -2.35. The van der Waals surface area contributed by atoms with Crippen LogP contribution in [-0.4, -0.2) is 30.7 Å². The van der Waals surface area contributed by atoms with Crippen molar-refractivity contribution < 1.29 is 37.0 Å². The van der Waals surface area contributed by atoms with Gasteiger partial charge in [0.25, 0.3) is 5.91 Å².